The van der Waals surface area contributed by atoms with Crippen LogP contribution in [0.15, 0.2) is 29.2 Å². The van der Waals surface area contributed by atoms with Gasteiger partial charge in [-0.1, -0.05) is 13.8 Å². The molecule has 6 heteroatoms. The standard InChI is InChI=1S/C12H20N2O3S/c1-9(2)12(8-17-3)14-18(15,16)11-6-4-10(13)5-7-11/h4-7,9,12,14H,8,13H2,1-3H3. The van der Waals surface area contributed by atoms with Crippen LogP contribution in [0.25, 0.3) is 0 Å². The van der Waals surface area contributed by atoms with Gasteiger partial charge in [0.15, 0.2) is 0 Å². The maximum absolute atomic E-state index is 12.1. The van der Waals surface area contributed by atoms with Crippen molar-refractivity contribution in [2.75, 3.05) is 19.5 Å². The summed E-state index contributed by atoms with van der Waals surface area (Å²) in [4.78, 5) is 0.207. The van der Waals surface area contributed by atoms with Crippen LogP contribution in [0.4, 0.5) is 5.69 Å². The number of benzene rings is 1. The normalized spacial score (nSPS) is 13.8. The van der Waals surface area contributed by atoms with Crippen molar-refractivity contribution in [3.63, 3.8) is 0 Å². The molecule has 0 saturated carbocycles. The molecule has 1 unspecified atom stereocenters. The van der Waals surface area contributed by atoms with Gasteiger partial charge in [-0.15, -0.1) is 0 Å². The number of methoxy groups -OCH3 is 1. The maximum atomic E-state index is 12.1. The minimum Gasteiger partial charge on any atom is -0.399 e. The third kappa shape index (κ3) is 3.97. The Kier molecular flexibility index (Phi) is 5.13. The van der Waals surface area contributed by atoms with Crippen LogP contribution in [-0.2, 0) is 14.8 Å². The predicted octanol–water partition coefficient (Wildman–Crippen LogP) is 1.22. The number of ether oxygens (including phenoxy) is 1. The number of hydrogen-bond acceptors (Lipinski definition) is 4. The highest BCUT2D eigenvalue weighted by Gasteiger charge is 2.22. The quantitative estimate of drug-likeness (QED) is 0.763. The Balaban J connectivity index is 2.89. The van der Waals surface area contributed by atoms with E-state index in [2.05, 4.69) is 4.72 Å². The van der Waals surface area contributed by atoms with E-state index in [1.165, 1.54) is 12.1 Å². The highest BCUT2D eigenvalue weighted by molar-refractivity contribution is 7.89. The molecule has 0 aliphatic heterocycles. The molecule has 1 atom stereocenters. The molecular weight excluding hydrogens is 252 g/mol. The monoisotopic (exact) mass is 272 g/mol. The molecule has 0 aromatic heterocycles. The largest absolute Gasteiger partial charge is 0.399 e. The van der Waals surface area contributed by atoms with Gasteiger partial charge < -0.3 is 10.5 Å². The van der Waals surface area contributed by atoms with Crippen LogP contribution in [0.3, 0.4) is 0 Å². The zero-order chi connectivity index (χ0) is 13.8. The minimum absolute atomic E-state index is 0.147. The first-order valence-electron chi connectivity index (χ1n) is 5.73. The Morgan fingerprint density at radius 1 is 1.28 bits per heavy atom. The van der Waals surface area contributed by atoms with Crippen molar-refractivity contribution in [2.24, 2.45) is 5.92 Å². The fraction of sp³-hybridized carbons (Fsp3) is 0.500. The maximum Gasteiger partial charge on any atom is 0.240 e. The minimum atomic E-state index is -3.53. The molecule has 0 fully saturated rings. The molecule has 102 valence electrons. The van der Waals surface area contributed by atoms with Crippen molar-refractivity contribution < 1.29 is 13.2 Å². The van der Waals surface area contributed by atoms with Crippen LogP contribution >= 0.6 is 0 Å². The lowest BCUT2D eigenvalue weighted by molar-refractivity contribution is 0.157. The summed E-state index contributed by atoms with van der Waals surface area (Å²) in [5, 5.41) is 0. The molecule has 0 bridgehead atoms. The summed E-state index contributed by atoms with van der Waals surface area (Å²) in [5.41, 5.74) is 6.07. The van der Waals surface area contributed by atoms with Gasteiger partial charge in [0.05, 0.1) is 11.5 Å². The Morgan fingerprint density at radius 3 is 2.28 bits per heavy atom. The SMILES string of the molecule is COCC(NS(=O)(=O)c1ccc(N)cc1)C(C)C. The number of nitrogens with one attached hydrogen (secondary N) is 1. The second kappa shape index (κ2) is 6.17. The predicted molar refractivity (Wildman–Crippen MR) is 71.7 cm³/mol. The molecule has 0 heterocycles. The van der Waals surface area contributed by atoms with Crippen molar-refractivity contribution in [1.29, 1.82) is 0 Å². The van der Waals surface area contributed by atoms with Crippen LogP contribution in [0.1, 0.15) is 13.8 Å². The Morgan fingerprint density at radius 2 is 1.83 bits per heavy atom. The second-order valence-corrected chi connectivity index (χ2v) is 6.21. The van der Waals surface area contributed by atoms with Crippen LogP contribution in [-0.4, -0.2) is 28.2 Å². The summed E-state index contributed by atoms with van der Waals surface area (Å²) in [5.74, 6) is 0.147. The first-order chi connectivity index (χ1) is 8.36. The third-order valence-electron chi connectivity index (χ3n) is 2.65. The van der Waals surface area contributed by atoms with E-state index >= 15 is 0 Å². The number of sulfonamides is 1. The van der Waals surface area contributed by atoms with Gasteiger partial charge in [-0.25, -0.2) is 13.1 Å². The molecule has 0 radical (unpaired) electrons. The van der Waals surface area contributed by atoms with Gasteiger partial charge in [0.1, 0.15) is 0 Å². The van der Waals surface area contributed by atoms with E-state index in [0.717, 1.165) is 0 Å². The molecule has 1 aromatic rings. The highest BCUT2D eigenvalue weighted by atomic mass is 32.2. The van der Waals surface area contributed by atoms with E-state index in [1.807, 2.05) is 13.8 Å². The summed E-state index contributed by atoms with van der Waals surface area (Å²) in [7, 11) is -1.98. The van der Waals surface area contributed by atoms with Gasteiger partial charge in [0.2, 0.25) is 10.0 Å². The zero-order valence-corrected chi connectivity index (χ0v) is 11.7. The molecule has 0 amide bonds. The van der Waals surface area contributed by atoms with E-state index in [9.17, 15) is 8.42 Å². The number of rotatable bonds is 6. The van der Waals surface area contributed by atoms with Gasteiger partial charge >= 0.3 is 0 Å². The molecule has 5 nitrogen and oxygen atoms in total. The Hall–Kier alpha value is -1.11. The van der Waals surface area contributed by atoms with E-state index in [0.29, 0.717) is 12.3 Å². The van der Waals surface area contributed by atoms with Crippen LogP contribution in [0.5, 0.6) is 0 Å². The molecule has 0 aliphatic rings. The van der Waals surface area contributed by atoms with E-state index in [4.69, 9.17) is 10.5 Å². The average Bonchev–Trinajstić information content (AvgIpc) is 2.28. The van der Waals surface area contributed by atoms with Crippen molar-refractivity contribution in [1.82, 2.24) is 4.72 Å². The second-order valence-electron chi connectivity index (χ2n) is 4.50. The fourth-order valence-corrected chi connectivity index (χ4v) is 2.83. The number of anilines is 1. The van der Waals surface area contributed by atoms with Crippen molar-refractivity contribution in [3.8, 4) is 0 Å². The van der Waals surface area contributed by atoms with Crippen molar-refractivity contribution in [2.45, 2.75) is 24.8 Å². The Bertz CT molecular complexity index is 469. The number of nitrogens with two attached hydrogens (primary N) is 1. The topological polar surface area (TPSA) is 81.4 Å². The van der Waals surface area contributed by atoms with Crippen LogP contribution < -0.4 is 10.5 Å². The third-order valence-corrected chi connectivity index (χ3v) is 4.15. The first-order valence-corrected chi connectivity index (χ1v) is 7.22. The summed E-state index contributed by atoms with van der Waals surface area (Å²) in [6, 6.07) is 5.85. The molecule has 0 saturated heterocycles. The zero-order valence-electron chi connectivity index (χ0n) is 10.9. The molecule has 1 rings (SSSR count). The van der Waals surface area contributed by atoms with Gasteiger partial charge in [-0.2, -0.15) is 0 Å². The lowest BCUT2D eigenvalue weighted by Gasteiger charge is -2.21. The van der Waals surface area contributed by atoms with Crippen molar-refractivity contribution >= 4 is 15.7 Å². The summed E-state index contributed by atoms with van der Waals surface area (Å²) < 4.78 is 31.9. The van der Waals surface area contributed by atoms with Gasteiger partial charge in [-0.05, 0) is 30.2 Å². The molecule has 1 aromatic carbocycles. The average molecular weight is 272 g/mol. The summed E-state index contributed by atoms with van der Waals surface area (Å²) in [6.07, 6.45) is 0. The Labute approximate surface area is 108 Å². The van der Waals surface area contributed by atoms with Crippen molar-refractivity contribution in [3.05, 3.63) is 24.3 Å². The molecular formula is C12H20N2O3S. The first kappa shape index (κ1) is 14.9. The summed E-state index contributed by atoms with van der Waals surface area (Å²) >= 11 is 0. The lowest BCUT2D eigenvalue weighted by Crippen LogP contribution is -2.41. The number of nitrogen functional groups attached to an aromatic ring is 1. The number of hydrogen-bond donors (Lipinski definition) is 2. The molecule has 3 N–H and O–H groups in total. The van der Waals surface area contributed by atoms with Gasteiger partial charge in [0.25, 0.3) is 0 Å². The lowest BCUT2D eigenvalue weighted by atomic mass is 10.1. The van der Waals surface area contributed by atoms with Crippen LogP contribution in [0, 0.1) is 5.92 Å². The summed E-state index contributed by atoms with van der Waals surface area (Å²) in [6.45, 7) is 4.22. The molecule has 0 aliphatic carbocycles. The smallest absolute Gasteiger partial charge is 0.240 e. The van der Waals surface area contributed by atoms with E-state index < -0.39 is 10.0 Å². The van der Waals surface area contributed by atoms with Crippen LogP contribution in [0.2, 0.25) is 0 Å². The van der Waals surface area contributed by atoms with Gasteiger partial charge in [0, 0.05) is 18.8 Å². The fourth-order valence-electron chi connectivity index (χ4n) is 1.46. The van der Waals surface area contributed by atoms with E-state index in [1.54, 1.807) is 19.2 Å². The van der Waals surface area contributed by atoms with E-state index in [-0.39, 0.29) is 16.9 Å². The van der Waals surface area contributed by atoms with Gasteiger partial charge in [-0.3, -0.25) is 0 Å². The molecule has 18 heavy (non-hydrogen) atoms. The highest BCUT2D eigenvalue weighted by Crippen LogP contribution is 2.13. The molecule has 0 spiro atoms.